The summed E-state index contributed by atoms with van der Waals surface area (Å²) in [5, 5.41) is 12.3. The zero-order valence-corrected chi connectivity index (χ0v) is 19.1. The van der Waals surface area contributed by atoms with Crippen LogP contribution in [0.15, 0.2) is 30.5 Å². The van der Waals surface area contributed by atoms with E-state index in [1.165, 1.54) is 17.3 Å². The number of alkyl carbamates (subject to hydrolysis) is 1. The second kappa shape index (κ2) is 10.4. The van der Waals surface area contributed by atoms with Crippen molar-refractivity contribution in [1.29, 1.82) is 0 Å². The number of hydrogen-bond donors (Lipinski definition) is 2. The number of aromatic nitrogens is 2. The molecular formula is C24H32N4O4. The molecule has 2 heterocycles. The molecule has 8 heteroatoms. The minimum absolute atomic E-state index is 0.131. The summed E-state index contributed by atoms with van der Waals surface area (Å²) >= 11 is 0. The lowest BCUT2D eigenvalue weighted by atomic mass is 10.0. The molecule has 0 saturated carbocycles. The predicted octanol–water partition coefficient (Wildman–Crippen LogP) is 3.63. The highest BCUT2D eigenvalue weighted by Gasteiger charge is 2.20. The van der Waals surface area contributed by atoms with E-state index in [1.54, 1.807) is 0 Å². The number of fused-ring (bicyclic) bond motifs is 1. The van der Waals surface area contributed by atoms with Crippen molar-refractivity contribution in [3.05, 3.63) is 52.8 Å². The van der Waals surface area contributed by atoms with Crippen LogP contribution in [0.2, 0.25) is 0 Å². The van der Waals surface area contributed by atoms with Crippen LogP contribution in [0.1, 0.15) is 60.8 Å². The van der Waals surface area contributed by atoms with Gasteiger partial charge in [0.1, 0.15) is 5.60 Å². The summed E-state index contributed by atoms with van der Waals surface area (Å²) in [7, 11) is 0. The molecule has 0 aliphatic carbocycles. The van der Waals surface area contributed by atoms with E-state index in [-0.39, 0.29) is 5.56 Å². The molecule has 0 bridgehead atoms. The van der Waals surface area contributed by atoms with Crippen LogP contribution < -0.4 is 10.2 Å². The van der Waals surface area contributed by atoms with Crippen molar-refractivity contribution in [3.8, 4) is 0 Å². The summed E-state index contributed by atoms with van der Waals surface area (Å²) in [5.74, 6) is -0.452. The second-order valence-electron chi connectivity index (χ2n) is 8.98. The van der Waals surface area contributed by atoms with Crippen molar-refractivity contribution >= 4 is 18.0 Å². The molecule has 8 nitrogen and oxygen atoms in total. The average molecular weight is 441 g/mol. The number of rotatable bonds is 7. The molecule has 172 valence electrons. The first kappa shape index (κ1) is 23.5. The van der Waals surface area contributed by atoms with E-state index in [2.05, 4.69) is 44.5 Å². The number of hydrogen-bond acceptors (Lipinski definition) is 6. The monoisotopic (exact) mass is 440 g/mol. The fourth-order valence-corrected chi connectivity index (χ4v) is 3.72. The van der Waals surface area contributed by atoms with Crippen LogP contribution in [-0.2, 0) is 24.0 Å². The fraction of sp³-hybridized carbons (Fsp3) is 0.500. The Bertz CT molecular complexity index is 928. The Balaban J connectivity index is 1.59. The SMILES string of the molecule is CC(C)(C)OC(=O)NCCCCc1nc(N2CCc3ccccc3CC2)ncc1C(=O)O. The van der Waals surface area contributed by atoms with Gasteiger partial charge in [-0.05, 0) is 64.0 Å². The number of aryl methyl sites for hydroxylation is 1. The summed E-state index contributed by atoms with van der Waals surface area (Å²) in [5.41, 5.74) is 2.81. The quantitative estimate of drug-likeness (QED) is 0.634. The molecule has 1 aromatic carbocycles. The first-order valence-corrected chi connectivity index (χ1v) is 11.1. The van der Waals surface area contributed by atoms with Gasteiger partial charge in [0.05, 0.1) is 11.3 Å². The zero-order chi connectivity index (χ0) is 23.1. The number of carboxylic acid groups (broad SMARTS) is 1. The molecule has 0 saturated heterocycles. The van der Waals surface area contributed by atoms with Crippen LogP contribution in [0.3, 0.4) is 0 Å². The van der Waals surface area contributed by atoms with Crippen molar-refractivity contribution in [1.82, 2.24) is 15.3 Å². The number of anilines is 1. The zero-order valence-electron chi connectivity index (χ0n) is 19.1. The van der Waals surface area contributed by atoms with Gasteiger partial charge in [-0.3, -0.25) is 0 Å². The van der Waals surface area contributed by atoms with Gasteiger partial charge >= 0.3 is 12.1 Å². The number of unbranched alkanes of at least 4 members (excludes halogenated alkanes) is 1. The number of nitrogens with zero attached hydrogens (tertiary/aromatic N) is 3. The molecule has 2 aromatic rings. The lowest BCUT2D eigenvalue weighted by Crippen LogP contribution is -2.33. The van der Waals surface area contributed by atoms with Gasteiger partial charge in [0.25, 0.3) is 0 Å². The van der Waals surface area contributed by atoms with Gasteiger partial charge in [-0.2, -0.15) is 0 Å². The molecule has 0 spiro atoms. The third-order valence-corrected chi connectivity index (χ3v) is 5.30. The highest BCUT2D eigenvalue weighted by Crippen LogP contribution is 2.20. The summed E-state index contributed by atoms with van der Waals surface area (Å²) in [6.45, 7) is 7.49. The van der Waals surface area contributed by atoms with Gasteiger partial charge in [0.15, 0.2) is 0 Å². The minimum atomic E-state index is -1.03. The Morgan fingerprint density at radius 2 is 1.78 bits per heavy atom. The average Bonchev–Trinajstić information content (AvgIpc) is 2.95. The number of nitrogens with one attached hydrogen (secondary N) is 1. The van der Waals surface area contributed by atoms with E-state index in [0.29, 0.717) is 37.4 Å². The predicted molar refractivity (Wildman–Crippen MR) is 122 cm³/mol. The third-order valence-electron chi connectivity index (χ3n) is 5.30. The van der Waals surface area contributed by atoms with E-state index in [0.717, 1.165) is 25.9 Å². The lowest BCUT2D eigenvalue weighted by molar-refractivity contribution is 0.0526. The molecule has 0 fully saturated rings. The van der Waals surface area contributed by atoms with Crippen LogP contribution in [0.4, 0.5) is 10.7 Å². The summed E-state index contributed by atoms with van der Waals surface area (Å²) in [4.78, 5) is 34.5. The van der Waals surface area contributed by atoms with E-state index >= 15 is 0 Å². The lowest BCUT2D eigenvalue weighted by Gasteiger charge is -2.21. The highest BCUT2D eigenvalue weighted by molar-refractivity contribution is 5.88. The second-order valence-corrected chi connectivity index (χ2v) is 8.98. The largest absolute Gasteiger partial charge is 0.478 e. The third kappa shape index (κ3) is 6.67. The molecular weight excluding hydrogens is 408 g/mol. The Morgan fingerprint density at radius 1 is 1.12 bits per heavy atom. The maximum atomic E-state index is 11.7. The first-order valence-electron chi connectivity index (χ1n) is 11.1. The van der Waals surface area contributed by atoms with Crippen molar-refractivity contribution < 1.29 is 19.4 Å². The molecule has 2 N–H and O–H groups in total. The summed E-state index contributed by atoms with van der Waals surface area (Å²) in [6, 6.07) is 8.43. The fourth-order valence-electron chi connectivity index (χ4n) is 3.72. The van der Waals surface area contributed by atoms with Gasteiger partial charge in [-0.25, -0.2) is 19.6 Å². The van der Waals surface area contributed by atoms with Crippen LogP contribution in [0, 0.1) is 0 Å². The molecule has 1 amide bonds. The van der Waals surface area contributed by atoms with Gasteiger partial charge in [-0.1, -0.05) is 24.3 Å². The minimum Gasteiger partial charge on any atom is -0.478 e. The standard InChI is InChI=1S/C24H32N4O4/c1-24(2,3)32-23(31)25-13-7-6-10-20-19(21(29)30)16-26-22(27-20)28-14-11-17-8-4-5-9-18(17)12-15-28/h4-5,8-9,16H,6-7,10-15H2,1-3H3,(H,25,31)(H,29,30). The molecule has 32 heavy (non-hydrogen) atoms. The summed E-state index contributed by atoms with van der Waals surface area (Å²) in [6.07, 6.45) is 4.67. The van der Waals surface area contributed by atoms with Gasteiger partial charge < -0.3 is 20.1 Å². The molecule has 0 unspecified atom stereocenters. The van der Waals surface area contributed by atoms with E-state index < -0.39 is 17.7 Å². The van der Waals surface area contributed by atoms with E-state index in [4.69, 9.17) is 4.74 Å². The van der Waals surface area contributed by atoms with Gasteiger partial charge in [0, 0.05) is 25.8 Å². The van der Waals surface area contributed by atoms with E-state index in [1.807, 2.05) is 20.8 Å². The number of amides is 1. The van der Waals surface area contributed by atoms with Crippen LogP contribution in [0.5, 0.6) is 0 Å². The number of ether oxygens (including phenoxy) is 1. The molecule has 1 aliphatic rings. The van der Waals surface area contributed by atoms with Crippen molar-refractivity contribution in [2.24, 2.45) is 0 Å². The maximum Gasteiger partial charge on any atom is 0.407 e. The Morgan fingerprint density at radius 3 is 2.38 bits per heavy atom. The van der Waals surface area contributed by atoms with Crippen LogP contribution in [-0.4, -0.2) is 52.4 Å². The molecule has 1 aromatic heterocycles. The van der Waals surface area contributed by atoms with Crippen molar-refractivity contribution in [3.63, 3.8) is 0 Å². The Kier molecular flexibility index (Phi) is 7.66. The number of benzene rings is 1. The topological polar surface area (TPSA) is 105 Å². The number of carbonyl (C=O) groups is 2. The van der Waals surface area contributed by atoms with Gasteiger partial charge in [-0.15, -0.1) is 0 Å². The first-order chi connectivity index (χ1) is 15.2. The molecule has 3 rings (SSSR count). The normalized spacial score (nSPS) is 13.8. The van der Waals surface area contributed by atoms with Crippen LogP contribution >= 0.6 is 0 Å². The molecule has 1 aliphatic heterocycles. The Hall–Kier alpha value is -3.16. The number of carboxylic acids is 1. The van der Waals surface area contributed by atoms with Crippen LogP contribution in [0.25, 0.3) is 0 Å². The van der Waals surface area contributed by atoms with Crippen molar-refractivity contribution in [2.45, 2.75) is 58.5 Å². The maximum absolute atomic E-state index is 11.7. The smallest absolute Gasteiger partial charge is 0.407 e. The summed E-state index contributed by atoms with van der Waals surface area (Å²) < 4.78 is 5.22. The van der Waals surface area contributed by atoms with E-state index in [9.17, 15) is 14.7 Å². The highest BCUT2D eigenvalue weighted by atomic mass is 16.6. The Labute approximate surface area is 189 Å². The molecule has 0 atom stereocenters. The number of aromatic carboxylic acids is 1. The van der Waals surface area contributed by atoms with Crippen molar-refractivity contribution in [2.75, 3.05) is 24.5 Å². The van der Waals surface area contributed by atoms with Gasteiger partial charge in [0.2, 0.25) is 5.95 Å². The molecule has 0 radical (unpaired) electrons. The number of carbonyl (C=O) groups excluding carboxylic acids is 1.